The number of carbonyl (C=O) groups is 1. The Kier molecular flexibility index (Phi) is 4.43. The molecule has 2 atom stereocenters. The van der Waals surface area contributed by atoms with Crippen molar-refractivity contribution < 1.29 is 4.79 Å². The predicted octanol–water partition coefficient (Wildman–Crippen LogP) is 2.15. The van der Waals surface area contributed by atoms with Crippen LogP contribution in [0.1, 0.15) is 51.4 Å². The molecule has 2 N–H and O–H groups in total. The summed E-state index contributed by atoms with van der Waals surface area (Å²) in [6.07, 6.45) is 9.66. The van der Waals surface area contributed by atoms with Crippen LogP contribution in [0.15, 0.2) is 0 Å². The molecule has 0 radical (unpaired) electrons. The van der Waals surface area contributed by atoms with Crippen molar-refractivity contribution >= 4 is 5.91 Å². The molecule has 2 aliphatic rings. The van der Waals surface area contributed by atoms with E-state index in [-0.39, 0.29) is 12.0 Å². The highest BCUT2D eigenvalue weighted by Gasteiger charge is 2.31. The fourth-order valence-electron chi connectivity index (χ4n) is 3.42. The molecule has 0 aromatic heterocycles. The number of amides is 1. The molecule has 3 nitrogen and oxygen atoms in total. The van der Waals surface area contributed by atoms with E-state index in [1.54, 1.807) is 0 Å². The molecule has 0 saturated heterocycles. The van der Waals surface area contributed by atoms with E-state index in [1.165, 1.54) is 38.5 Å². The predicted molar refractivity (Wildman–Crippen MR) is 69.5 cm³/mol. The van der Waals surface area contributed by atoms with E-state index >= 15 is 0 Å². The first-order valence-electron chi connectivity index (χ1n) is 7.19. The zero-order valence-electron chi connectivity index (χ0n) is 11.0. The van der Waals surface area contributed by atoms with E-state index in [0.717, 1.165) is 25.3 Å². The lowest BCUT2D eigenvalue weighted by Crippen LogP contribution is -2.45. The maximum atomic E-state index is 12.3. The van der Waals surface area contributed by atoms with Crippen LogP contribution in [0.2, 0.25) is 0 Å². The monoisotopic (exact) mass is 238 g/mol. The highest BCUT2D eigenvalue weighted by molar-refractivity contribution is 5.79. The SMILES string of the molecule is CN(CC1CCCC1)C(=O)C1CCCCC1N. The number of carbonyl (C=O) groups excluding carboxylic acids is 1. The van der Waals surface area contributed by atoms with Gasteiger partial charge in [0.15, 0.2) is 0 Å². The fourth-order valence-corrected chi connectivity index (χ4v) is 3.42. The van der Waals surface area contributed by atoms with Crippen molar-refractivity contribution in [3.05, 3.63) is 0 Å². The van der Waals surface area contributed by atoms with Crippen LogP contribution in [0, 0.1) is 11.8 Å². The summed E-state index contributed by atoms with van der Waals surface area (Å²) in [5, 5.41) is 0. The Balaban J connectivity index is 1.84. The third-order valence-electron chi connectivity index (χ3n) is 4.52. The van der Waals surface area contributed by atoms with Crippen molar-refractivity contribution in [2.75, 3.05) is 13.6 Å². The minimum absolute atomic E-state index is 0.0927. The van der Waals surface area contributed by atoms with Crippen LogP contribution in [0.4, 0.5) is 0 Å². The molecule has 0 heterocycles. The van der Waals surface area contributed by atoms with E-state index < -0.39 is 0 Å². The molecule has 2 rings (SSSR count). The molecule has 2 unspecified atom stereocenters. The van der Waals surface area contributed by atoms with Crippen LogP contribution >= 0.6 is 0 Å². The molecule has 0 aliphatic heterocycles. The Morgan fingerprint density at radius 1 is 1.12 bits per heavy atom. The Morgan fingerprint density at radius 3 is 2.35 bits per heavy atom. The minimum atomic E-state index is 0.0927. The van der Waals surface area contributed by atoms with Gasteiger partial charge in [-0.3, -0.25) is 4.79 Å². The molecule has 2 aliphatic carbocycles. The number of rotatable bonds is 3. The van der Waals surface area contributed by atoms with Gasteiger partial charge < -0.3 is 10.6 Å². The first-order valence-corrected chi connectivity index (χ1v) is 7.19. The van der Waals surface area contributed by atoms with Gasteiger partial charge in [0.25, 0.3) is 0 Å². The number of hydrogen-bond donors (Lipinski definition) is 1. The number of nitrogens with two attached hydrogens (primary N) is 1. The molecule has 2 saturated carbocycles. The highest BCUT2D eigenvalue weighted by Crippen LogP contribution is 2.28. The Morgan fingerprint density at radius 2 is 1.71 bits per heavy atom. The number of hydrogen-bond acceptors (Lipinski definition) is 2. The van der Waals surface area contributed by atoms with Crippen LogP contribution in [-0.4, -0.2) is 30.4 Å². The van der Waals surface area contributed by atoms with Gasteiger partial charge in [-0.05, 0) is 31.6 Å². The maximum Gasteiger partial charge on any atom is 0.226 e. The molecule has 0 spiro atoms. The second kappa shape index (κ2) is 5.85. The molecular weight excluding hydrogens is 212 g/mol. The lowest BCUT2D eigenvalue weighted by atomic mass is 9.84. The molecule has 0 aromatic carbocycles. The smallest absolute Gasteiger partial charge is 0.226 e. The van der Waals surface area contributed by atoms with E-state index in [4.69, 9.17) is 5.73 Å². The van der Waals surface area contributed by atoms with Crippen molar-refractivity contribution in [1.29, 1.82) is 0 Å². The summed E-state index contributed by atoms with van der Waals surface area (Å²) >= 11 is 0. The van der Waals surface area contributed by atoms with Gasteiger partial charge in [-0.2, -0.15) is 0 Å². The summed E-state index contributed by atoms with van der Waals surface area (Å²) in [4.78, 5) is 14.3. The normalized spacial score (nSPS) is 30.5. The molecule has 98 valence electrons. The second-order valence-corrected chi connectivity index (χ2v) is 5.92. The first kappa shape index (κ1) is 12.9. The van der Waals surface area contributed by atoms with Crippen molar-refractivity contribution in [3.8, 4) is 0 Å². The average molecular weight is 238 g/mol. The van der Waals surface area contributed by atoms with Gasteiger partial charge in [0.2, 0.25) is 5.91 Å². The summed E-state index contributed by atoms with van der Waals surface area (Å²) in [7, 11) is 1.96. The topological polar surface area (TPSA) is 46.3 Å². The lowest BCUT2D eigenvalue weighted by Gasteiger charge is -2.32. The standard InChI is InChI=1S/C14H26N2O/c1-16(10-11-6-2-3-7-11)14(17)12-8-4-5-9-13(12)15/h11-13H,2-10,15H2,1H3. The molecule has 2 fully saturated rings. The van der Waals surface area contributed by atoms with E-state index in [0.29, 0.717) is 5.91 Å². The van der Waals surface area contributed by atoms with Crippen LogP contribution in [0.5, 0.6) is 0 Å². The largest absolute Gasteiger partial charge is 0.345 e. The van der Waals surface area contributed by atoms with Gasteiger partial charge in [0.1, 0.15) is 0 Å². The van der Waals surface area contributed by atoms with E-state index in [1.807, 2.05) is 11.9 Å². The van der Waals surface area contributed by atoms with Crippen molar-refractivity contribution in [3.63, 3.8) is 0 Å². The summed E-state index contributed by atoms with van der Waals surface area (Å²) in [5.74, 6) is 1.13. The molecule has 1 amide bonds. The zero-order chi connectivity index (χ0) is 12.3. The zero-order valence-corrected chi connectivity index (χ0v) is 11.0. The van der Waals surface area contributed by atoms with Gasteiger partial charge in [-0.15, -0.1) is 0 Å². The van der Waals surface area contributed by atoms with Gasteiger partial charge in [-0.1, -0.05) is 25.7 Å². The Bertz CT molecular complexity index is 261. The quantitative estimate of drug-likeness (QED) is 0.819. The van der Waals surface area contributed by atoms with Crippen LogP contribution in [0.3, 0.4) is 0 Å². The van der Waals surface area contributed by atoms with E-state index in [2.05, 4.69) is 0 Å². The van der Waals surface area contributed by atoms with Crippen LogP contribution < -0.4 is 5.73 Å². The molecule has 17 heavy (non-hydrogen) atoms. The Hall–Kier alpha value is -0.570. The van der Waals surface area contributed by atoms with Gasteiger partial charge in [0.05, 0.1) is 5.92 Å². The van der Waals surface area contributed by atoms with Gasteiger partial charge in [0, 0.05) is 19.6 Å². The average Bonchev–Trinajstić information content (AvgIpc) is 2.81. The van der Waals surface area contributed by atoms with Crippen LogP contribution in [0.25, 0.3) is 0 Å². The molecule has 3 heteroatoms. The molecule has 0 bridgehead atoms. The summed E-state index contributed by atoms with van der Waals surface area (Å²) in [5.41, 5.74) is 6.08. The maximum absolute atomic E-state index is 12.3. The highest BCUT2D eigenvalue weighted by atomic mass is 16.2. The summed E-state index contributed by atoms with van der Waals surface area (Å²) in [6.45, 7) is 0.946. The lowest BCUT2D eigenvalue weighted by molar-refractivity contribution is -0.136. The van der Waals surface area contributed by atoms with Crippen molar-refractivity contribution in [2.24, 2.45) is 17.6 Å². The van der Waals surface area contributed by atoms with E-state index in [9.17, 15) is 4.79 Å². The third kappa shape index (κ3) is 3.21. The molecule has 0 aromatic rings. The third-order valence-corrected chi connectivity index (χ3v) is 4.52. The fraction of sp³-hybridized carbons (Fsp3) is 0.929. The van der Waals surface area contributed by atoms with Gasteiger partial charge in [-0.25, -0.2) is 0 Å². The van der Waals surface area contributed by atoms with Crippen molar-refractivity contribution in [1.82, 2.24) is 4.90 Å². The minimum Gasteiger partial charge on any atom is -0.345 e. The van der Waals surface area contributed by atoms with Gasteiger partial charge >= 0.3 is 0 Å². The van der Waals surface area contributed by atoms with Crippen molar-refractivity contribution in [2.45, 2.75) is 57.4 Å². The number of nitrogens with zero attached hydrogens (tertiary/aromatic N) is 1. The Labute approximate surface area is 105 Å². The molecular formula is C14H26N2O. The second-order valence-electron chi connectivity index (χ2n) is 5.92. The summed E-state index contributed by atoms with van der Waals surface area (Å²) < 4.78 is 0. The first-order chi connectivity index (χ1) is 8.18. The summed E-state index contributed by atoms with van der Waals surface area (Å²) in [6, 6.07) is 0.0993. The van der Waals surface area contributed by atoms with Crippen LogP contribution in [-0.2, 0) is 4.79 Å².